The lowest BCUT2D eigenvalue weighted by atomic mass is 9.88. The van der Waals surface area contributed by atoms with Crippen LogP contribution in [0.2, 0.25) is 0 Å². The van der Waals surface area contributed by atoms with Crippen molar-refractivity contribution in [2.45, 2.75) is 47.5 Å². The smallest absolute Gasteiger partial charge is 0.0101 e. The first-order valence-electron chi connectivity index (χ1n) is 7.21. The fourth-order valence-electron chi connectivity index (χ4n) is 3.13. The summed E-state index contributed by atoms with van der Waals surface area (Å²) in [5.41, 5.74) is 8.16. The van der Waals surface area contributed by atoms with Gasteiger partial charge in [-0.2, -0.15) is 0 Å². The molecule has 0 radical (unpaired) electrons. The lowest BCUT2D eigenvalue weighted by Crippen LogP contribution is -1.96. The van der Waals surface area contributed by atoms with Gasteiger partial charge in [-0.15, -0.1) is 0 Å². The van der Waals surface area contributed by atoms with E-state index in [1.807, 2.05) is 0 Å². The molecule has 0 aliphatic rings. The van der Waals surface area contributed by atoms with Crippen LogP contribution >= 0.6 is 0 Å². The van der Waals surface area contributed by atoms with Crippen molar-refractivity contribution in [1.82, 2.24) is 0 Å². The van der Waals surface area contributed by atoms with Crippen LogP contribution < -0.4 is 0 Å². The molecule has 0 heteroatoms. The van der Waals surface area contributed by atoms with Crippen LogP contribution in [-0.2, 0) is 12.8 Å². The molecule has 0 N–H and O–H groups in total. The van der Waals surface area contributed by atoms with E-state index in [4.69, 9.17) is 0 Å². The molecule has 0 saturated heterocycles. The van der Waals surface area contributed by atoms with Gasteiger partial charge in [-0.1, -0.05) is 44.2 Å². The van der Waals surface area contributed by atoms with Crippen molar-refractivity contribution in [3.63, 3.8) is 0 Å². The van der Waals surface area contributed by atoms with Crippen molar-refractivity contribution in [1.29, 1.82) is 0 Å². The molecule has 2 rings (SSSR count). The van der Waals surface area contributed by atoms with Gasteiger partial charge in [0.25, 0.3) is 0 Å². The molecule has 0 atom stereocenters. The summed E-state index contributed by atoms with van der Waals surface area (Å²) in [6, 6.07) is 7.06. The van der Waals surface area contributed by atoms with E-state index in [0.717, 1.165) is 18.4 Å². The molecule has 0 aliphatic carbocycles. The molecule has 2 aromatic rings. The molecule has 0 aliphatic heterocycles. The molecular formula is C19H24. The summed E-state index contributed by atoms with van der Waals surface area (Å²) in [5.74, 6) is 0. The van der Waals surface area contributed by atoms with E-state index in [-0.39, 0.29) is 0 Å². The van der Waals surface area contributed by atoms with E-state index >= 15 is 0 Å². The molecule has 0 heterocycles. The third-order valence-electron chi connectivity index (χ3n) is 4.05. The van der Waals surface area contributed by atoms with E-state index in [1.165, 1.54) is 38.6 Å². The number of hydrogen-bond donors (Lipinski definition) is 0. The zero-order chi connectivity index (χ0) is 14.2. The summed E-state index contributed by atoms with van der Waals surface area (Å²) < 4.78 is 0. The minimum absolute atomic E-state index is 1.10. The van der Waals surface area contributed by atoms with Crippen molar-refractivity contribution in [2.24, 2.45) is 0 Å². The van der Waals surface area contributed by atoms with Crippen molar-refractivity contribution in [3.05, 3.63) is 52.6 Å². The molecule has 0 saturated carbocycles. The summed E-state index contributed by atoms with van der Waals surface area (Å²) >= 11 is 0. The minimum Gasteiger partial charge on any atom is -0.0955 e. The molecule has 0 nitrogen and oxygen atoms in total. The maximum Gasteiger partial charge on any atom is -0.0101 e. The van der Waals surface area contributed by atoms with Gasteiger partial charge in [0, 0.05) is 0 Å². The van der Waals surface area contributed by atoms with Gasteiger partial charge >= 0.3 is 0 Å². The van der Waals surface area contributed by atoms with Crippen molar-refractivity contribution < 1.29 is 0 Å². The Labute approximate surface area is 117 Å². The number of allylic oxidation sites excluding steroid dienone is 1. The molecule has 19 heavy (non-hydrogen) atoms. The summed E-state index contributed by atoms with van der Waals surface area (Å²) in [4.78, 5) is 0. The predicted molar refractivity (Wildman–Crippen MR) is 86.9 cm³/mol. The van der Waals surface area contributed by atoms with E-state index in [1.54, 1.807) is 0 Å². The molecule has 0 bridgehead atoms. The maximum absolute atomic E-state index is 4.16. The van der Waals surface area contributed by atoms with E-state index < -0.39 is 0 Å². The summed E-state index contributed by atoms with van der Waals surface area (Å²) in [5, 5.41) is 2.76. The van der Waals surface area contributed by atoms with Gasteiger partial charge in [-0.05, 0) is 72.2 Å². The van der Waals surface area contributed by atoms with Crippen LogP contribution in [0.5, 0.6) is 0 Å². The second kappa shape index (κ2) is 5.21. The third-order valence-corrected chi connectivity index (χ3v) is 4.05. The van der Waals surface area contributed by atoms with E-state index in [0.29, 0.717) is 0 Å². The SMILES string of the molecule is C=C(C)c1c(C)cc(C)c2cc(CC)c(CC)cc12. The van der Waals surface area contributed by atoms with Crippen molar-refractivity contribution >= 4 is 16.3 Å². The monoisotopic (exact) mass is 252 g/mol. The molecule has 0 aromatic heterocycles. The fourth-order valence-corrected chi connectivity index (χ4v) is 3.13. The number of hydrogen-bond acceptors (Lipinski definition) is 0. The van der Waals surface area contributed by atoms with E-state index in [9.17, 15) is 0 Å². The summed E-state index contributed by atoms with van der Waals surface area (Å²) in [6.45, 7) is 15.2. The van der Waals surface area contributed by atoms with E-state index in [2.05, 4.69) is 59.4 Å². The van der Waals surface area contributed by atoms with Crippen LogP contribution in [0, 0.1) is 13.8 Å². The van der Waals surface area contributed by atoms with Crippen LogP contribution in [0.3, 0.4) is 0 Å². The Morgan fingerprint density at radius 1 is 0.895 bits per heavy atom. The average Bonchev–Trinajstić information content (AvgIpc) is 2.36. The molecule has 0 spiro atoms. The average molecular weight is 252 g/mol. The topological polar surface area (TPSA) is 0 Å². The van der Waals surface area contributed by atoms with Gasteiger partial charge in [-0.3, -0.25) is 0 Å². The van der Waals surface area contributed by atoms with Crippen LogP contribution in [0.1, 0.15) is 48.6 Å². The Morgan fingerprint density at radius 3 is 1.89 bits per heavy atom. The van der Waals surface area contributed by atoms with Crippen molar-refractivity contribution in [2.75, 3.05) is 0 Å². The molecule has 0 amide bonds. The van der Waals surface area contributed by atoms with Gasteiger partial charge in [0.2, 0.25) is 0 Å². The van der Waals surface area contributed by atoms with Crippen molar-refractivity contribution in [3.8, 4) is 0 Å². The van der Waals surface area contributed by atoms with Crippen LogP contribution in [0.25, 0.3) is 16.3 Å². The Balaban J connectivity index is 2.93. The summed E-state index contributed by atoms with van der Waals surface area (Å²) in [7, 11) is 0. The lowest BCUT2D eigenvalue weighted by molar-refractivity contribution is 1.04. The number of benzene rings is 2. The number of aryl methyl sites for hydroxylation is 4. The highest BCUT2D eigenvalue weighted by Crippen LogP contribution is 2.32. The Hall–Kier alpha value is -1.56. The van der Waals surface area contributed by atoms with Gasteiger partial charge in [0.15, 0.2) is 0 Å². The Bertz CT molecular complexity index is 645. The predicted octanol–water partition coefficient (Wildman–Crippen LogP) is 5.61. The zero-order valence-corrected chi connectivity index (χ0v) is 12.9. The maximum atomic E-state index is 4.16. The standard InChI is InChI=1S/C19H24/c1-7-15-10-17-13(5)9-14(6)19(12(3)4)18(17)11-16(15)8-2/h9-11H,3,7-8H2,1-2,4-6H3. The minimum atomic E-state index is 1.10. The highest BCUT2D eigenvalue weighted by Gasteiger charge is 2.11. The Morgan fingerprint density at radius 2 is 1.42 bits per heavy atom. The number of rotatable bonds is 3. The quantitative estimate of drug-likeness (QED) is 0.665. The fraction of sp³-hybridized carbons (Fsp3) is 0.368. The van der Waals surface area contributed by atoms with Gasteiger partial charge in [0.1, 0.15) is 0 Å². The summed E-state index contributed by atoms with van der Waals surface area (Å²) in [6.07, 6.45) is 2.20. The third kappa shape index (κ3) is 2.32. The first kappa shape index (κ1) is 13.9. The molecule has 0 unspecified atom stereocenters. The first-order valence-corrected chi connectivity index (χ1v) is 7.21. The second-order valence-electron chi connectivity index (χ2n) is 5.54. The molecule has 0 fully saturated rings. The van der Waals surface area contributed by atoms with Gasteiger partial charge in [-0.25, -0.2) is 0 Å². The van der Waals surface area contributed by atoms with Crippen LogP contribution in [0.4, 0.5) is 0 Å². The van der Waals surface area contributed by atoms with Crippen LogP contribution in [0.15, 0.2) is 24.8 Å². The zero-order valence-electron chi connectivity index (χ0n) is 12.9. The molecule has 2 aromatic carbocycles. The lowest BCUT2D eigenvalue weighted by Gasteiger charge is -2.16. The largest absolute Gasteiger partial charge is 0.0955 e. The highest BCUT2D eigenvalue weighted by molar-refractivity contribution is 5.97. The highest BCUT2D eigenvalue weighted by atomic mass is 14.2. The second-order valence-corrected chi connectivity index (χ2v) is 5.54. The molecular weight excluding hydrogens is 228 g/mol. The first-order chi connectivity index (χ1) is 8.99. The Kier molecular flexibility index (Phi) is 3.80. The van der Waals surface area contributed by atoms with Gasteiger partial charge < -0.3 is 0 Å². The number of fused-ring (bicyclic) bond motifs is 1. The molecule has 100 valence electrons. The normalized spacial score (nSPS) is 11.0. The van der Waals surface area contributed by atoms with Crippen LogP contribution in [-0.4, -0.2) is 0 Å². The van der Waals surface area contributed by atoms with Gasteiger partial charge in [0.05, 0.1) is 0 Å².